The molecule has 0 bridgehead atoms. The van der Waals surface area contributed by atoms with Crippen LogP contribution in [0.1, 0.15) is 0 Å². The molecule has 0 spiro atoms. The molecule has 0 aliphatic rings. The second kappa shape index (κ2) is 5.58. The van der Waals surface area contributed by atoms with Crippen LogP contribution in [0.15, 0.2) is 0 Å². The van der Waals surface area contributed by atoms with Crippen LogP contribution in [0.4, 0.5) is 39.5 Å². The maximum atomic E-state index is 13.5. The molecule has 23 heavy (non-hydrogen) atoms. The van der Waals surface area contributed by atoms with Gasteiger partial charge in [-0.2, -0.15) is 0 Å². The summed E-state index contributed by atoms with van der Waals surface area (Å²) in [6.07, 6.45) is 0. The first kappa shape index (κ1) is 23.2. The van der Waals surface area contributed by atoms with Crippen LogP contribution in [0.5, 0.6) is 0 Å². The van der Waals surface area contributed by atoms with Crippen LogP contribution >= 0.6 is 7.06 Å². The van der Waals surface area contributed by atoms with Crippen molar-refractivity contribution in [2.24, 2.45) is 0 Å². The third-order valence-corrected chi connectivity index (χ3v) is 12.2. The van der Waals surface area contributed by atoms with E-state index in [1.165, 1.54) is 0 Å². The van der Waals surface area contributed by atoms with E-state index in [-0.39, 0.29) is 0 Å². The second-order valence-corrected chi connectivity index (χ2v) is 20.1. The van der Waals surface area contributed by atoms with Crippen molar-refractivity contribution < 1.29 is 47.9 Å². The van der Waals surface area contributed by atoms with Crippen molar-refractivity contribution >= 4 is 23.7 Å². The van der Waals surface area contributed by atoms with Gasteiger partial charge in [0.2, 0.25) is 0 Å². The van der Waals surface area contributed by atoms with Crippen molar-refractivity contribution in [2.75, 3.05) is 0 Å². The summed E-state index contributed by atoms with van der Waals surface area (Å²) in [5, 5.41) is 0. The van der Waals surface area contributed by atoms with Crippen molar-refractivity contribution in [3.8, 4) is 0 Å². The minimum atomic E-state index is -9.11. The molecule has 0 aliphatic carbocycles. The molecule has 0 rings (SSSR count). The van der Waals surface area contributed by atoms with E-state index in [1.54, 1.807) is 0 Å². The number of alkyl halides is 9. The fourth-order valence-corrected chi connectivity index (χ4v) is 14.0. The first-order valence-electron chi connectivity index (χ1n) is 6.15. The molecule has 0 aliphatic heterocycles. The Hall–Kier alpha value is 0.154. The molecule has 142 valence electrons. The molecule has 0 fully saturated rings. The summed E-state index contributed by atoms with van der Waals surface area (Å²) in [5.41, 5.74) is 0. The van der Waals surface area contributed by atoms with Crippen LogP contribution < -0.4 is 0 Å². The summed E-state index contributed by atoms with van der Waals surface area (Å²) < 4.78 is 129. The Bertz CT molecular complexity index is 386. The molecule has 14 heteroatoms. The van der Waals surface area contributed by atoms with Gasteiger partial charge in [-0.05, 0) is 0 Å². The van der Waals surface area contributed by atoms with E-state index in [4.69, 9.17) is 0 Å². The van der Waals surface area contributed by atoms with Crippen molar-refractivity contribution in [1.82, 2.24) is 0 Å². The van der Waals surface area contributed by atoms with Gasteiger partial charge in [0.25, 0.3) is 0 Å². The number of rotatable bonds is 4. The zero-order chi connectivity index (χ0) is 19.4. The molecule has 0 saturated carbocycles. The molecule has 0 aromatic heterocycles. The van der Waals surface area contributed by atoms with Gasteiger partial charge in [0.15, 0.2) is 0 Å². The van der Waals surface area contributed by atoms with Crippen LogP contribution in [0.3, 0.4) is 0 Å². The van der Waals surface area contributed by atoms with Crippen LogP contribution in [0.2, 0.25) is 39.3 Å². The molecular formula is C9H18F9O2PSi2. The van der Waals surface area contributed by atoms with E-state index in [9.17, 15) is 39.5 Å². The fourth-order valence-electron chi connectivity index (χ4n) is 1.81. The van der Waals surface area contributed by atoms with Crippen LogP contribution in [0.25, 0.3) is 0 Å². The quantitative estimate of drug-likeness (QED) is 0.291. The molecule has 0 radical (unpaired) electrons. The molecular weight excluding hydrogens is 398 g/mol. The predicted octanol–water partition coefficient (Wildman–Crippen LogP) is 6.63. The van der Waals surface area contributed by atoms with Gasteiger partial charge in [-0.15, -0.1) is 0 Å². The molecule has 0 N–H and O–H groups in total. The maximum absolute atomic E-state index is 13.5. The van der Waals surface area contributed by atoms with E-state index in [0.29, 0.717) is 0 Å². The fraction of sp³-hybridized carbons (Fsp3) is 1.00. The summed E-state index contributed by atoms with van der Waals surface area (Å²) in [4.78, 5) is 0. The van der Waals surface area contributed by atoms with Crippen molar-refractivity contribution in [3.05, 3.63) is 0 Å². The van der Waals surface area contributed by atoms with Crippen molar-refractivity contribution in [2.45, 2.75) is 57.0 Å². The number of hydrogen-bond acceptors (Lipinski definition) is 2. The normalized spacial score (nSPS) is 17.8. The summed E-state index contributed by atoms with van der Waals surface area (Å²) in [6, 6.07) is 0. The summed E-state index contributed by atoms with van der Waals surface area (Å²) in [5.74, 6) is -20.4. The monoisotopic (exact) mass is 416 g/mol. The van der Waals surface area contributed by atoms with Gasteiger partial charge in [0, 0.05) is 0 Å². The van der Waals surface area contributed by atoms with E-state index in [0.717, 1.165) is 39.3 Å². The first-order valence-corrected chi connectivity index (χ1v) is 15.0. The molecule has 2 nitrogen and oxygen atoms in total. The van der Waals surface area contributed by atoms with Gasteiger partial charge >= 0.3 is 129 Å². The predicted molar refractivity (Wildman–Crippen MR) is 73.9 cm³/mol. The molecule has 0 atom stereocenters. The van der Waals surface area contributed by atoms with Gasteiger partial charge in [-0.3, -0.25) is 0 Å². The van der Waals surface area contributed by atoms with E-state index >= 15 is 0 Å². The minimum absolute atomic E-state index is 0.811. The third-order valence-electron chi connectivity index (χ3n) is 2.28. The summed E-state index contributed by atoms with van der Waals surface area (Å²) >= 11 is 0. The molecule has 0 heterocycles. The Labute approximate surface area is 129 Å². The SMILES string of the molecule is C[Si](C)(C)OP(O[Si](C)(C)C)(C(F)(F)F)(C(F)(F)F)C(F)(F)F. The molecule has 0 unspecified atom stereocenters. The van der Waals surface area contributed by atoms with E-state index < -0.39 is 41.4 Å². The van der Waals surface area contributed by atoms with Gasteiger partial charge in [-0.1, -0.05) is 0 Å². The Morgan fingerprint density at radius 1 is 0.522 bits per heavy atom. The molecule has 0 saturated heterocycles. The van der Waals surface area contributed by atoms with Gasteiger partial charge in [-0.25, -0.2) is 0 Å². The first-order chi connectivity index (χ1) is 9.51. The summed E-state index contributed by atoms with van der Waals surface area (Å²) in [7, 11) is -17.1. The summed E-state index contributed by atoms with van der Waals surface area (Å²) in [6.45, 7) is 4.86. The third kappa shape index (κ3) is 3.58. The Balaban J connectivity index is 7.24. The van der Waals surface area contributed by atoms with Crippen LogP contribution in [0, 0.1) is 0 Å². The van der Waals surface area contributed by atoms with Crippen molar-refractivity contribution in [3.63, 3.8) is 0 Å². The van der Waals surface area contributed by atoms with Gasteiger partial charge in [0.1, 0.15) is 0 Å². The van der Waals surface area contributed by atoms with Gasteiger partial charge < -0.3 is 0 Å². The molecule has 0 aromatic carbocycles. The average molecular weight is 416 g/mol. The number of hydrogen-bond donors (Lipinski definition) is 0. The van der Waals surface area contributed by atoms with Gasteiger partial charge in [0.05, 0.1) is 0 Å². The number of halogens is 9. The topological polar surface area (TPSA) is 18.5 Å². The second-order valence-electron chi connectivity index (χ2n) is 6.77. The Kier molecular flexibility index (Phi) is 5.62. The van der Waals surface area contributed by atoms with E-state index in [1.807, 2.05) is 0 Å². The molecule has 0 aromatic rings. The molecule has 0 amide bonds. The standard InChI is InChI=1S/C9H18F9O2PSi2/c1-22(2,3)19-21(7(10,11)12,8(13,14)15,9(16,17)18)20-23(4,5)6/h1-6H3. The Morgan fingerprint density at radius 2 is 0.696 bits per heavy atom. The Morgan fingerprint density at radius 3 is 0.783 bits per heavy atom. The zero-order valence-electron chi connectivity index (χ0n) is 13.2. The average Bonchev–Trinajstić information content (AvgIpc) is 2.04. The van der Waals surface area contributed by atoms with Crippen LogP contribution in [-0.2, 0) is 8.43 Å². The zero-order valence-corrected chi connectivity index (χ0v) is 16.1. The van der Waals surface area contributed by atoms with Crippen LogP contribution in [-0.4, -0.2) is 34.4 Å². The van der Waals surface area contributed by atoms with Crippen molar-refractivity contribution in [1.29, 1.82) is 0 Å². The van der Waals surface area contributed by atoms with E-state index in [2.05, 4.69) is 8.43 Å².